The first kappa shape index (κ1) is 17.6. The van der Waals surface area contributed by atoms with Gasteiger partial charge in [-0.15, -0.1) is 11.3 Å². The summed E-state index contributed by atoms with van der Waals surface area (Å²) in [5, 5.41) is 2.27. The first-order valence-electron chi connectivity index (χ1n) is 9.07. The quantitative estimate of drug-likeness (QED) is 0.327. The molecule has 0 saturated heterocycles. The SMILES string of the molecule is Cc1cc(C)c2c3sc4c(c(C)cc(C)c42)OP(=O)(Oc2ccccc2)Oc13. The number of hydrogen-bond donors (Lipinski definition) is 0. The molecule has 2 bridgehead atoms. The third-order valence-corrected chi connectivity index (χ3v) is 7.49. The molecule has 5 rings (SSSR count). The monoisotopic (exact) mass is 410 g/mol. The van der Waals surface area contributed by atoms with Crippen LogP contribution in [0.5, 0.6) is 17.2 Å². The van der Waals surface area contributed by atoms with Gasteiger partial charge >= 0.3 is 7.82 Å². The Morgan fingerprint density at radius 2 is 1.29 bits per heavy atom. The van der Waals surface area contributed by atoms with Crippen molar-refractivity contribution < 1.29 is 18.1 Å². The minimum Gasteiger partial charge on any atom is -0.386 e. The lowest BCUT2D eigenvalue weighted by atomic mass is 9.99. The van der Waals surface area contributed by atoms with E-state index in [9.17, 15) is 4.57 Å². The highest BCUT2D eigenvalue weighted by Crippen LogP contribution is 2.59. The molecular weight excluding hydrogens is 391 g/mol. The smallest absolute Gasteiger partial charge is 0.386 e. The predicted octanol–water partition coefficient (Wildman–Crippen LogP) is 7.25. The Hall–Kier alpha value is -2.49. The van der Waals surface area contributed by atoms with Crippen LogP contribution in [-0.4, -0.2) is 0 Å². The van der Waals surface area contributed by atoms with Crippen LogP contribution in [0.1, 0.15) is 22.3 Å². The number of phosphoric ester groups is 1. The summed E-state index contributed by atoms with van der Waals surface area (Å²) in [6.45, 7) is 8.12. The lowest BCUT2D eigenvalue weighted by Crippen LogP contribution is -2.09. The van der Waals surface area contributed by atoms with Crippen LogP contribution in [-0.2, 0) is 4.57 Å². The summed E-state index contributed by atoms with van der Waals surface area (Å²) in [5.41, 5.74) is 4.17. The van der Waals surface area contributed by atoms with Gasteiger partial charge in [0.1, 0.15) is 5.75 Å². The second kappa shape index (κ2) is 6.00. The fourth-order valence-corrected chi connectivity index (χ4v) is 6.96. The molecule has 28 heavy (non-hydrogen) atoms. The Bertz CT molecular complexity index is 1230. The number of hydrogen-bond acceptors (Lipinski definition) is 5. The van der Waals surface area contributed by atoms with E-state index in [-0.39, 0.29) is 0 Å². The highest BCUT2D eigenvalue weighted by atomic mass is 32.1. The summed E-state index contributed by atoms with van der Waals surface area (Å²) in [5.74, 6) is 1.59. The van der Waals surface area contributed by atoms with Crippen molar-refractivity contribution in [1.29, 1.82) is 0 Å². The Morgan fingerprint density at radius 1 is 0.786 bits per heavy atom. The minimum atomic E-state index is -3.94. The maximum atomic E-state index is 13.7. The summed E-state index contributed by atoms with van der Waals surface area (Å²) in [7, 11) is -3.94. The number of phosphoric acid groups is 1. The summed E-state index contributed by atoms with van der Waals surface area (Å²) < 4.78 is 33.5. The van der Waals surface area contributed by atoms with Gasteiger partial charge in [0.15, 0.2) is 11.5 Å². The van der Waals surface area contributed by atoms with E-state index in [1.165, 1.54) is 11.1 Å². The lowest BCUT2D eigenvalue weighted by Gasteiger charge is -2.22. The second-order valence-corrected chi connectivity index (χ2v) is 9.69. The topological polar surface area (TPSA) is 44.8 Å². The molecule has 0 fully saturated rings. The zero-order valence-electron chi connectivity index (χ0n) is 16.0. The summed E-state index contributed by atoms with van der Waals surface area (Å²) >= 11 is 1.63. The first-order valence-corrected chi connectivity index (χ1v) is 11.3. The molecule has 142 valence electrons. The Kier molecular flexibility index (Phi) is 3.77. The lowest BCUT2D eigenvalue weighted by molar-refractivity contribution is 0.299. The predicted molar refractivity (Wildman–Crippen MR) is 114 cm³/mol. The molecule has 1 aliphatic rings. The average molecular weight is 410 g/mol. The number of thiophene rings is 1. The van der Waals surface area contributed by atoms with Crippen molar-refractivity contribution in [3.63, 3.8) is 0 Å². The summed E-state index contributed by atoms with van der Waals surface area (Å²) in [4.78, 5) is 0. The molecule has 0 radical (unpaired) electrons. The molecular formula is C22H19O4PS. The van der Waals surface area contributed by atoms with E-state index in [1.807, 2.05) is 32.0 Å². The Morgan fingerprint density at radius 3 is 1.79 bits per heavy atom. The zero-order valence-corrected chi connectivity index (χ0v) is 17.7. The van der Waals surface area contributed by atoms with Crippen molar-refractivity contribution in [3.8, 4) is 17.2 Å². The van der Waals surface area contributed by atoms with E-state index >= 15 is 0 Å². The van der Waals surface area contributed by atoms with Gasteiger partial charge < -0.3 is 13.6 Å². The number of benzene rings is 3. The van der Waals surface area contributed by atoms with Gasteiger partial charge in [-0.2, -0.15) is 4.57 Å². The first-order chi connectivity index (χ1) is 13.4. The summed E-state index contributed by atoms with van der Waals surface area (Å²) in [6, 6.07) is 13.1. The van der Waals surface area contributed by atoms with Gasteiger partial charge in [-0.1, -0.05) is 30.3 Å². The molecule has 0 N–H and O–H groups in total. The van der Waals surface area contributed by atoms with E-state index in [1.54, 1.807) is 23.5 Å². The third-order valence-electron chi connectivity index (χ3n) is 5.06. The van der Waals surface area contributed by atoms with E-state index in [4.69, 9.17) is 13.6 Å². The van der Waals surface area contributed by atoms with Gasteiger partial charge in [-0.3, -0.25) is 0 Å². The number of rotatable bonds is 2. The fourth-order valence-electron chi connectivity index (χ4n) is 3.90. The molecule has 0 saturated carbocycles. The third kappa shape index (κ3) is 2.54. The zero-order chi connectivity index (χ0) is 19.6. The largest absolute Gasteiger partial charge is 0.647 e. The molecule has 0 amide bonds. The van der Waals surface area contributed by atoms with E-state index in [0.29, 0.717) is 17.2 Å². The molecule has 1 aromatic heterocycles. The molecule has 4 aromatic rings. The summed E-state index contributed by atoms with van der Waals surface area (Å²) in [6.07, 6.45) is 0. The van der Waals surface area contributed by atoms with Crippen LogP contribution < -0.4 is 13.6 Å². The molecule has 3 aromatic carbocycles. The molecule has 0 atom stereocenters. The van der Waals surface area contributed by atoms with E-state index in [2.05, 4.69) is 26.0 Å². The van der Waals surface area contributed by atoms with Crippen molar-refractivity contribution in [2.24, 2.45) is 0 Å². The van der Waals surface area contributed by atoms with Crippen LogP contribution in [0.25, 0.3) is 20.2 Å². The number of para-hydroxylation sites is 1. The van der Waals surface area contributed by atoms with Gasteiger partial charge in [0.25, 0.3) is 0 Å². The Balaban J connectivity index is 1.84. The highest BCUT2D eigenvalue weighted by Gasteiger charge is 2.38. The van der Waals surface area contributed by atoms with Crippen molar-refractivity contribution in [1.82, 2.24) is 0 Å². The van der Waals surface area contributed by atoms with Crippen molar-refractivity contribution in [2.75, 3.05) is 0 Å². The van der Waals surface area contributed by atoms with Gasteiger partial charge in [0.05, 0.1) is 9.40 Å². The normalized spacial score (nSPS) is 14.7. The standard InChI is InChI=1S/C22H19O4PS/c1-12-10-14(3)19-21-17(12)18-13(2)11-15(4)20(22(18)28-21)26-27(23,25-19)24-16-8-6-5-7-9-16/h5-11H,1-4H3. The molecule has 0 aliphatic carbocycles. The molecule has 4 nitrogen and oxygen atoms in total. The fraction of sp³-hybridized carbons (Fsp3) is 0.182. The van der Waals surface area contributed by atoms with E-state index in [0.717, 1.165) is 31.3 Å². The van der Waals surface area contributed by atoms with Gasteiger partial charge in [-0.05, 0) is 62.1 Å². The van der Waals surface area contributed by atoms with E-state index < -0.39 is 7.82 Å². The highest BCUT2D eigenvalue weighted by molar-refractivity contribution is 7.50. The van der Waals surface area contributed by atoms with Crippen LogP contribution in [0.15, 0.2) is 42.5 Å². The number of aryl methyl sites for hydroxylation is 4. The van der Waals surface area contributed by atoms with Gasteiger partial charge in [-0.25, -0.2) is 0 Å². The van der Waals surface area contributed by atoms with Crippen molar-refractivity contribution in [3.05, 3.63) is 64.7 Å². The maximum Gasteiger partial charge on any atom is 0.647 e. The minimum absolute atomic E-state index is 0.441. The van der Waals surface area contributed by atoms with Crippen LogP contribution in [0.4, 0.5) is 0 Å². The van der Waals surface area contributed by atoms with Gasteiger partial charge in [0.2, 0.25) is 0 Å². The molecule has 2 heterocycles. The Labute approximate surface area is 167 Å². The van der Waals surface area contributed by atoms with Crippen LogP contribution >= 0.6 is 19.2 Å². The molecule has 0 spiro atoms. The van der Waals surface area contributed by atoms with Crippen LogP contribution in [0.3, 0.4) is 0 Å². The van der Waals surface area contributed by atoms with Gasteiger partial charge in [0, 0.05) is 10.8 Å². The molecule has 0 unspecified atom stereocenters. The molecule has 1 aliphatic heterocycles. The molecule has 6 heteroatoms. The van der Waals surface area contributed by atoms with Crippen LogP contribution in [0.2, 0.25) is 0 Å². The van der Waals surface area contributed by atoms with Crippen molar-refractivity contribution in [2.45, 2.75) is 27.7 Å². The second-order valence-electron chi connectivity index (χ2n) is 7.22. The number of fused-ring (bicyclic) bond motifs is 1. The maximum absolute atomic E-state index is 13.7. The average Bonchev–Trinajstić information content (AvgIpc) is 3.04. The van der Waals surface area contributed by atoms with Crippen molar-refractivity contribution >= 4 is 39.3 Å². The van der Waals surface area contributed by atoms with Crippen LogP contribution in [0, 0.1) is 27.7 Å².